The normalized spacial score (nSPS) is 42.6. The van der Waals surface area contributed by atoms with Gasteiger partial charge in [0.2, 0.25) is 0 Å². The van der Waals surface area contributed by atoms with E-state index < -0.39 is 0 Å². The average Bonchev–Trinajstić information content (AvgIpc) is 2.23. The summed E-state index contributed by atoms with van der Waals surface area (Å²) >= 11 is 0. The summed E-state index contributed by atoms with van der Waals surface area (Å²) in [4.78, 5) is 0. The Bertz CT molecular complexity index is 270. The lowest BCUT2D eigenvalue weighted by Crippen LogP contribution is -2.45. The van der Waals surface area contributed by atoms with Gasteiger partial charge in [-0.1, -0.05) is 25.9 Å². The van der Waals surface area contributed by atoms with Crippen LogP contribution in [0.4, 0.5) is 0 Å². The standard InChI is InChI=1S/C13H23NO/c1-9-7-8-13(2,3)10-5-4-6-11(14-15)12(9)10/h9-10,12,15H,4-8H2,1-3H3/t9-,10+,12-/m0/s1. The molecule has 0 aliphatic heterocycles. The first-order chi connectivity index (χ1) is 7.06. The molecule has 2 fully saturated rings. The molecule has 0 radical (unpaired) electrons. The largest absolute Gasteiger partial charge is 0.411 e. The molecule has 0 saturated heterocycles. The van der Waals surface area contributed by atoms with Gasteiger partial charge in [0, 0.05) is 5.92 Å². The Kier molecular flexibility index (Phi) is 2.78. The molecule has 0 aromatic carbocycles. The third-order valence-corrected chi connectivity index (χ3v) is 4.76. The van der Waals surface area contributed by atoms with E-state index in [1.54, 1.807) is 0 Å². The van der Waals surface area contributed by atoms with Gasteiger partial charge in [0.05, 0.1) is 5.71 Å². The average molecular weight is 209 g/mol. The van der Waals surface area contributed by atoms with Crippen LogP contribution in [-0.4, -0.2) is 10.9 Å². The zero-order valence-corrected chi connectivity index (χ0v) is 10.2. The van der Waals surface area contributed by atoms with E-state index in [0.717, 1.165) is 18.1 Å². The number of fused-ring (bicyclic) bond motifs is 1. The maximum Gasteiger partial charge on any atom is 0.0607 e. The second-order valence-electron chi connectivity index (χ2n) is 6.12. The van der Waals surface area contributed by atoms with E-state index in [1.165, 1.54) is 25.7 Å². The van der Waals surface area contributed by atoms with Crippen molar-refractivity contribution < 1.29 is 5.21 Å². The third-order valence-electron chi connectivity index (χ3n) is 4.76. The van der Waals surface area contributed by atoms with Crippen molar-refractivity contribution in [2.24, 2.45) is 28.3 Å². The Morgan fingerprint density at radius 1 is 1.33 bits per heavy atom. The lowest BCUT2D eigenvalue weighted by Gasteiger charge is -2.49. The highest BCUT2D eigenvalue weighted by Gasteiger charge is 2.45. The van der Waals surface area contributed by atoms with E-state index in [2.05, 4.69) is 25.9 Å². The first kappa shape index (κ1) is 11.0. The number of rotatable bonds is 0. The van der Waals surface area contributed by atoms with Crippen molar-refractivity contribution in [1.82, 2.24) is 0 Å². The van der Waals surface area contributed by atoms with Gasteiger partial charge in [-0.25, -0.2) is 0 Å². The van der Waals surface area contributed by atoms with Crippen LogP contribution >= 0.6 is 0 Å². The lowest BCUT2D eigenvalue weighted by atomic mass is 9.55. The van der Waals surface area contributed by atoms with Crippen LogP contribution in [0.25, 0.3) is 0 Å². The molecule has 0 aromatic rings. The second kappa shape index (κ2) is 3.80. The van der Waals surface area contributed by atoms with Crippen LogP contribution in [0.3, 0.4) is 0 Å². The van der Waals surface area contributed by atoms with Gasteiger partial charge in [-0.05, 0) is 49.4 Å². The molecule has 2 saturated carbocycles. The molecule has 0 heterocycles. The SMILES string of the molecule is C[C@H]1CCC(C)(C)[C@@H]2CCCC(=NO)[C@H]21. The van der Waals surface area contributed by atoms with Crippen molar-refractivity contribution in [1.29, 1.82) is 0 Å². The number of nitrogens with zero attached hydrogens (tertiary/aromatic N) is 1. The van der Waals surface area contributed by atoms with Crippen molar-refractivity contribution in [2.75, 3.05) is 0 Å². The minimum Gasteiger partial charge on any atom is -0.411 e. The summed E-state index contributed by atoms with van der Waals surface area (Å²) in [6.45, 7) is 7.09. The van der Waals surface area contributed by atoms with Crippen LogP contribution in [0.1, 0.15) is 52.9 Å². The first-order valence-electron chi connectivity index (χ1n) is 6.27. The van der Waals surface area contributed by atoms with Gasteiger partial charge in [0.25, 0.3) is 0 Å². The van der Waals surface area contributed by atoms with Crippen LogP contribution in [0.5, 0.6) is 0 Å². The van der Waals surface area contributed by atoms with Gasteiger partial charge in [-0.2, -0.15) is 0 Å². The summed E-state index contributed by atoms with van der Waals surface area (Å²) in [5, 5.41) is 12.7. The van der Waals surface area contributed by atoms with Crippen LogP contribution in [0.2, 0.25) is 0 Å². The van der Waals surface area contributed by atoms with Crippen LogP contribution in [0, 0.1) is 23.2 Å². The molecule has 0 amide bonds. The molecule has 2 nitrogen and oxygen atoms in total. The van der Waals surface area contributed by atoms with Crippen molar-refractivity contribution in [3.63, 3.8) is 0 Å². The summed E-state index contributed by atoms with van der Waals surface area (Å²) in [5.74, 6) is 1.99. The van der Waals surface area contributed by atoms with E-state index in [4.69, 9.17) is 5.21 Å². The fraction of sp³-hybridized carbons (Fsp3) is 0.923. The summed E-state index contributed by atoms with van der Waals surface area (Å²) in [6.07, 6.45) is 6.15. The van der Waals surface area contributed by atoms with E-state index in [9.17, 15) is 0 Å². The summed E-state index contributed by atoms with van der Waals surface area (Å²) in [7, 11) is 0. The molecule has 86 valence electrons. The maximum absolute atomic E-state index is 9.11. The van der Waals surface area contributed by atoms with Crippen molar-refractivity contribution in [3.8, 4) is 0 Å². The smallest absolute Gasteiger partial charge is 0.0607 e. The quantitative estimate of drug-likeness (QED) is 0.479. The third kappa shape index (κ3) is 1.79. The van der Waals surface area contributed by atoms with Crippen LogP contribution in [-0.2, 0) is 0 Å². The van der Waals surface area contributed by atoms with Gasteiger partial charge in [0.1, 0.15) is 0 Å². The molecule has 2 rings (SSSR count). The molecule has 0 unspecified atom stereocenters. The number of hydrogen-bond donors (Lipinski definition) is 1. The Morgan fingerprint density at radius 3 is 2.73 bits per heavy atom. The lowest BCUT2D eigenvalue weighted by molar-refractivity contribution is 0.0513. The highest BCUT2D eigenvalue weighted by atomic mass is 16.4. The Labute approximate surface area is 92.8 Å². The minimum atomic E-state index is 0.438. The van der Waals surface area contributed by atoms with Crippen LogP contribution < -0.4 is 0 Å². The Balaban J connectivity index is 2.28. The highest BCUT2D eigenvalue weighted by Crippen LogP contribution is 2.51. The highest BCUT2D eigenvalue weighted by molar-refractivity contribution is 5.87. The molecule has 2 aliphatic rings. The molecule has 15 heavy (non-hydrogen) atoms. The fourth-order valence-electron chi connectivity index (χ4n) is 3.76. The molecular weight excluding hydrogens is 186 g/mol. The van der Waals surface area contributed by atoms with Gasteiger partial charge in [-0.15, -0.1) is 0 Å². The molecular formula is C13H23NO. The van der Waals surface area contributed by atoms with E-state index in [-0.39, 0.29) is 0 Å². The molecule has 2 aliphatic carbocycles. The fourth-order valence-corrected chi connectivity index (χ4v) is 3.76. The van der Waals surface area contributed by atoms with Gasteiger partial charge >= 0.3 is 0 Å². The van der Waals surface area contributed by atoms with Gasteiger partial charge in [0.15, 0.2) is 0 Å². The molecule has 3 atom stereocenters. The Hall–Kier alpha value is -0.530. The van der Waals surface area contributed by atoms with Gasteiger partial charge < -0.3 is 5.21 Å². The minimum absolute atomic E-state index is 0.438. The van der Waals surface area contributed by atoms with Crippen molar-refractivity contribution in [2.45, 2.75) is 52.9 Å². The summed E-state index contributed by atoms with van der Waals surface area (Å²) in [5.41, 5.74) is 1.51. The predicted molar refractivity (Wildman–Crippen MR) is 62.2 cm³/mol. The Morgan fingerprint density at radius 2 is 2.07 bits per heavy atom. The van der Waals surface area contributed by atoms with E-state index in [0.29, 0.717) is 17.3 Å². The van der Waals surface area contributed by atoms with Crippen molar-refractivity contribution in [3.05, 3.63) is 0 Å². The summed E-state index contributed by atoms with van der Waals surface area (Å²) < 4.78 is 0. The monoisotopic (exact) mass is 209 g/mol. The molecule has 1 N–H and O–H groups in total. The number of oxime groups is 1. The first-order valence-corrected chi connectivity index (χ1v) is 6.27. The molecule has 0 spiro atoms. The maximum atomic E-state index is 9.11. The van der Waals surface area contributed by atoms with Crippen LogP contribution in [0.15, 0.2) is 5.16 Å². The summed E-state index contributed by atoms with van der Waals surface area (Å²) in [6, 6.07) is 0. The van der Waals surface area contributed by atoms with E-state index in [1.807, 2.05) is 0 Å². The second-order valence-corrected chi connectivity index (χ2v) is 6.12. The van der Waals surface area contributed by atoms with Crippen molar-refractivity contribution >= 4 is 5.71 Å². The predicted octanol–water partition coefficient (Wildman–Crippen LogP) is 3.69. The zero-order valence-electron chi connectivity index (χ0n) is 10.2. The molecule has 0 bridgehead atoms. The zero-order chi connectivity index (χ0) is 11.1. The topological polar surface area (TPSA) is 32.6 Å². The number of hydrogen-bond acceptors (Lipinski definition) is 2. The van der Waals surface area contributed by atoms with E-state index >= 15 is 0 Å². The molecule has 2 heteroatoms. The molecule has 0 aromatic heterocycles. The van der Waals surface area contributed by atoms with Gasteiger partial charge in [-0.3, -0.25) is 0 Å².